The summed E-state index contributed by atoms with van der Waals surface area (Å²) in [6.07, 6.45) is 1.64. The van der Waals surface area contributed by atoms with E-state index >= 15 is 0 Å². The average molecular weight is 519 g/mol. The normalized spacial score (nSPS) is 10.9. The summed E-state index contributed by atoms with van der Waals surface area (Å²) in [6.45, 7) is 1.45. The molecule has 3 N–H and O–H groups in total. The zero-order valence-corrected chi connectivity index (χ0v) is 19.2. The molecule has 0 aromatic heterocycles. The number of nitrogens with one attached hydrogen (secondary N) is 2. The van der Waals surface area contributed by atoms with E-state index in [0.29, 0.717) is 18.7 Å². The van der Waals surface area contributed by atoms with Gasteiger partial charge in [-0.3, -0.25) is 4.99 Å². The Hall–Kier alpha value is -1.68. The number of aliphatic imine (C=N–C) groups is 1. The molecule has 0 saturated heterocycles. The molecule has 0 aliphatic rings. The van der Waals surface area contributed by atoms with Crippen LogP contribution in [0.2, 0.25) is 0 Å². The third-order valence-electron chi connectivity index (χ3n) is 3.90. The summed E-state index contributed by atoms with van der Waals surface area (Å²) < 4.78 is 17.9. The number of methoxy groups -OCH3 is 1. The lowest BCUT2D eigenvalue weighted by molar-refractivity contribution is 0.406. The number of ether oxygens (including phenoxy) is 1. The van der Waals surface area contributed by atoms with Gasteiger partial charge in [-0.05, 0) is 54.5 Å². The highest BCUT2D eigenvalue weighted by Gasteiger charge is 2.04. The molecule has 2 rings (SSSR count). The van der Waals surface area contributed by atoms with Crippen LogP contribution in [0, 0.1) is 5.82 Å². The maximum atomic E-state index is 12.9. The maximum Gasteiger partial charge on any atom is 0.190 e. The predicted octanol–water partition coefficient (Wildman–Crippen LogP) is 4.05. The third-order valence-corrected chi connectivity index (χ3v) is 5.00. The number of halogens is 2. The molecule has 0 spiro atoms. The molecule has 0 atom stereocenters. The highest BCUT2D eigenvalue weighted by Crippen LogP contribution is 2.23. The monoisotopic (exact) mass is 519 g/mol. The van der Waals surface area contributed by atoms with Crippen molar-refractivity contribution in [2.75, 3.05) is 33.0 Å². The summed E-state index contributed by atoms with van der Waals surface area (Å²) in [4.78, 5) is 5.27. The van der Waals surface area contributed by atoms with Gasteiger partial charge in [0.15, 0.2) is 5.96 Å². The first-order valence-electron chi connectivity index (χ1n) is 8.81. The maximum absolute atomic E-state index is 12.9. The van der Waals surface area contributed by atoms with E-state index in [1.165, 1.54) is 12.1 Å². The van der Waals surface area contributed by atoms with Crippen LogP contribution in [0.3, 0.4) is 0 Å². The minimum Gasteiger partial charge on any atom is -0.508 e. The SMILES string of the molecule is CN=C(NCCCSc1ccc(F)cc1)NCCc1ccc(OC)cc1O.I. The Morgan fingerprint density at radius 2 is 1.86 bits per heavy atom. The second kappa shape index (κ2) is 13.5. The van der Waals surface area contributed by atoms with E-state index in [4.69, 9.17) is 4.74 Å². The van der Waals surface area contributed by atoms with Gasteiger partial charge in [-0.2, -0.15) is 0 Å². The van der Waals surface area contributed by atoms with Gasteiger partial charge in [-0.25, -0.2) is 4.39 Å². The summed E-state index contributed by atoms with van der Waals surface area (Å²) in [7, 11) is 3.30. The van der Waals surface area contributed by atoms with Crippen LogP contribution in [0.25, 0.3) is 0 Å². The minimum absolute atomic E-state index is 0. The number of hydrogen-bond acceptors (Lipinski definition) is 4. The molecule has 0 bridgehead atoms. The molecule has 28 heavy (non-hydrogen) atoms. The first kappa shape index (κ1) is 24.4. The molecule has 2 aromatic rings. The molecule has 0 radical (unpaired) electrons. The van der Waals surface area contributed by atoms with E-state index < -0.39 is 0 Å². The highest BCUT2D eigenvalue weighted by molar-refractivity contribution is 14.0. The Bertz CT molecular complexity index is 745. The van der Waals surface area contributed by atoms with Gasteiger partial charge >= 0.3 is 0 Å². The van der Waals surface area contributed by atoms with Crippen molar-refractivity contribution in [1.29, 1.82) is 0 Å². The van der Waals surface area contributed by atoms with Crippen LogP contribution in [0.1, 0.15) is 12.0 Å². The van der Waals surface area contributed by atoms with E-state index in [-0.39, 0.29) is 35.5 Å². The van der Waals surface area contributed by atoms with E-state index in [1.807, 2.05) is 12.1 Å². The topological polar surface area (TPSA) is 65.9 Å². The Kier molecular flexibility index (Phi) is 11.7. The van der Waals surface area contributed by atoms with Gasteiger partial charge in [0, 0.05) is 31.1 Å². The van der Waals surface area contributed by atoms with Gasteiger partial charge in [-0.15, -0.1) is 35.7 Å². The molecule has 0 aliphatic carbocycles. The van der Waals surface area contributed by atoms with Crippen LogP contribution < -0.4 is 15.4 Å². The molecular formula is C20H27FIN3O2S. The van der Waals surface area contributed by atoms with Gasteiger partial charge in [0.1, 0.15) is 17.3 Å². The van der Waals surface area contributed by atoms with E-state index in [9.17, 15) is 9.50 Å². The predicted molar refractivity (Wildman–Crippen MR) is 125 cm³/mol. The number of phenols is 1. The Morgan fingerprint density at radius 1 is 1.14 bits per heavy atom. The van der Waals surface area contributed by atoms with Crippen LogP contribution >= 0.6 is 35.7 Å². The number of guanidine groups is 1. The molecule has 0 saturated carbocycles. The van der Waals surface area contributed by atoms with Crippen LogP contribution in [0.4, 0.5) is 4.39 Å². The van der Waals surface area contributed by atoms with E-state index in [0.717, 1.165) is 35.1 Å². The average Bonchev–Trinajstić information content (AvgIpc) is 2.68. The molecule has 0 unspecified atom stereocenters. The van der Waals surface area contributed by atoms with Crippen molar-refractivity contribution in [2.45, 2.75) is 17.7 Å². The zero-order valence-electron chi connectivity index (χ0n) is 16.1. The minimum atomic E-state index is -0.209. The van der Waals surface area contributed by atoms with Crippen LogP contribution in [-0.2, 0) is 6.42 Å². The zero-order chi connectivity index (χ0) is 19.5. The summed E-state index contributed by atoms with van der Waals surface area (Å²) in [5.41, 5.74) is 0.856. The fourth-order valence-electron chi connectivity index (χ4n) is 2.42. The first-order chi connectivity index (χ1) is 13.1. The Morgan fingerprint density at radius 3 is 2.50 bits per heavy atom. The number of benzene rings is 2. The van der Waals surface area contributed by atoms with Gasteiger partial charge in [-0.1, -0.05) is 6.07 Å². The van der Waals surface area contributed by atoms with E-state index in [2.05, 4.69) is 15.6 Å². The van der Waals surface area contributed by atoms with Crippen LogP contribution in [-0.4, -0.2) is 44.1 Å². The van der Waals surface area contributed by atoms with Crippen molar-refractivity contribution in [2.24, 2.45) is 4.99 Å². The van der Waals surface area contributed by atoms with Gasteiger partial charge in [0.2, 0.25) is 0 Å². The summed E-state index contributed by atoms with van der Waals surface area (Å²) in [6, 6.07) is 11.9. The number of nitrogens with zero attached hydrogens (tertiary/aromatic N) is 1. The van der Waals surface area contributed by atoms with Gasteiger partial charge < -0.3 is 20.5 Å². The fraction of sp³-hybridized carbons (Fsp3) is 0.350. The van der Waals surface area contributed by atoms with Gasteiger partial charge in [0.05, 0.1) is 7.11 Å². The molecule has 2 aromatic carbocycles. The summed E-state index contributed by atoms with van der Waals surface area (Å²) in [5.74, 6) is 2.33. The molecule has 0 heterocycles. The lowest BCUT2D eigenvalue weighted by Crippen LogP contribution is -2.38. The van der Waals surface area contributed by atoms with Gasteiger partial charge in [0.25, 0.3) is 0 Å². The van der Waals surface area contributed by atoms with Crippen molar-refractivity contribution in [3.05, 3.63) is 53.8 Å². The third kappa shape index (κ3) is 8.55. The quantitative estimate of drug-likeness (QED) is 0.154. The Labute approximate surface area is 187 Å². The molecular weight excluding hydrogens is 492 g/mol. The lowest BCUT2D eigenvalue weighted by atomic mass is 10.1. The number of aromatic hydroxyl groups is 1. The summed E-state index contributed by atoms with van der Waals surface area (Å²) >= 11 is 1.70. The summed E-state index contributed by atoms with van der Waals surface area (Å²) in [5, 5.41) is 16.5. The standard InChI is InChI=1S/C20H26FN3O2S.HI/c1-22-20(23-11-3-13-27-18-8-5-16(21)6-9-18)24-12-10-15-4-7-17(26-2)14-19(15)25;/h4-9,14,25H,3,10-13H2,1-2H3,(H2,22,23,24);1H. The molecule has 8 heteroatoms. The lowest BCUT2D eigenvalue weighted by Gasteiger charge is -2.12. The van der Waals surface area contributed by atoms with Crippen molar-refractivity contribution in [3.63, 3.8) is 0 Å². The van der Waals surface area contributed by atoms with Crippen molar-refractivity contribution in [3.8, 4) is 11.5 Å². The number of phenolic OH excluding ortho intramolecular Hbond substituents is 1. The number of thioether (sulfide) groups is 1. The smallest absolute Gasteiger partial charge is 0.190 e. The number of hydrogen-bond donors (Lipinski definition) is 3. The molecule has 0 amide bonds. The van der Waals surface area contributed by atoms with Crippen molar-refractivity contribution >= 4 is 41.7 Å². The van der Waals surface area contributed by atoms with Crippen LogP contribution in [0.15, 0.2) is 52.4 Å². The van der Waals surface area contributed by atoms with E-state index in [1.54, 1.807) is 44.1 Å². The second-order valence-corrected chi connectivity index (χ2v) is 6.99. The largest absolute Gasteiger partial charge is 0.508 e. The van der Waals surface area contributed by atoms with Crippen molar-refractivity contribution < 1.29 is 14.2 Å². The fourth-order valence-corrected chi connectivity index (χ4v) is 3.27. The first-order valence-corrected chi connectivity index (χ1v) is 9.79. The molecule has 0 aliphatic heterocycles. The molecule has 0 fully saturated rings. The Balaban J connectivity index is 0.00000392. The van der Waals surface area contributed by atoms with Crippen LogP contribution in [0.5, 0.6) is 11.5 Å². The second-order valence-electron chi connectivity index (χ2n) is 5.83. The van der Waals surface area contributed by atoms with Crippen molar-refractivity contribution in [1.82, 2.24) is 10.6 Å². The highest BCUT2D eigenvalue weighted by atomic mass is 127. The molecule has 5 nitrogen and oxygen atoms in total. The number of rotatable bonds is 9. The molecule has 154 valence electrons.